The molecule has 17 heavy (non-hydrogen) atoms. The van der Waals surface area contributed by atoms with E-state index in [1.54, 1.807) is 17.0 Å². The van der Waals surface area contributed by atoms with Crippen LogP contribution in [0.3, 0.4) is 0 Å². The number of rotatable bonds is 2. The fourth-order valence-corrected chi connectivity index (χ4v) is 2.07. The zero-order valence-corrected chi connectivity index (χ0v) is 10.9. The molecule has 1 N–H and O–H groups in total. The summed E-state index contributed by atoms with van der Waals surface area (Å²) in [6.45, 7) is 6.46. The molecule has 0 saturated carbocycles. The van der Waals surface area contributed by atoms with Crippen LogP contribution in [0.1, 0.15) is 6.92 Å². The lowest BCUT2D eigenvalue weighted by molar-refractivity contribution is -0.117. The number of hydrogen-bond donors (Lipinski definition) is 1. The Morgan fingerprint density at radius 3 is 2.76 bits per heavy atom. The molecule has 0 saturated heterocycles. The summed E-state index contributed by atoms with van der Waals surface area (Å²) in [5.74, 6) is -0.00103. The van der Waals surface area contributed by atoms with Crippen LogP contribution in [0.2, 0.25) is 10.0 Å². The van der Waals surface area contributed by atoms with Gasteiger partial charge in [0.25, 0.3) is 0 Å². The van der Waals surface area contributed by atoms with E-state index in [1.165, 1.54) is 0 Å². The smallest absolute Gasteiger partial charge is 0.246 e. The minimum Gasteiger partial charge on any atom is -0.374 e. The summed E-state index contributed by atoms with van der Waals surface area (Å²) < 4.78 is 0. The SMILES string of the molecule is C=C(C)CN1C(=O)CNc2cc(Cl)c(Cl)cc21. The molecule has 0 spiro atoms. The summed E-state index contributed by atoms with van der Waals surface area (Å²) >= 11 is 11.9. The first-order chi connectivity index (χ1) is 7.99. The molecule has 1 amide bonds. The van der Waals surface area contributed by atoms with E-state index in [2.05, 4.69) is 11.9 Å². The van der Waals surface area contributed by atoms with Gasteiger partial charge in [0.1, 0.15) is 0 Å². The number of anilines is 2. The van der Waals surface area contributed by atoms with Crippen LogP contribution in [0.25, 0.3) is 0 Å². The number of amides is 1. The van der Waals surface area contributed by atoms with E-state index in [-0.39, 0.29) is 12.5 Å². The Hall–Kier alpha value is -1.19. The Morgan fingerprint density at radius 2 is 2.12 bits per heavy atom. The highest BCUT2D eigenvalue weighted by molar-refractivity contribution is 6.42. The Kier molecular flexibility index (Phi) is 3.31. The van der Waals surface area contributed by atoms with Crippen LogP contribution in [0, 0.1) is 0 Å². The standard InChI is InChI=1S/C12H12Cl2N2O/c1-7(2)6-16-11-4-9(14)8(13)3-10(11)15-5-12(16)17/h3-4,15H,1,5-6H2,2H3. The van der Waals surface area contributed by atoms with E-state index in [4.69, 9.17) is 23.2 Å². The van der Waals surface area contributed by atoms with Crippen LogP contribution in [0.15, 0.2) is 24.3 Å². The van der Waals surface area contributed by atoms with Gasteiger partial charge in [0.2, 0.25) is 5.91 Å². The van der Waals surface area contributed by atoms with Crippen LogP contribution in [0.5, 0.6) is 0 Å². The number of nitrogens with zero attached hydrogens (tertiary/aromatic N) is 1. The van der Waals surface area contributed by atoms with Crippen molar-refractivity contribution in [1.29, 1.82) is 0 Å². The summed E-state index contributed by atoms with van der Waals surface area (Å²) in [7, 11) is 0. The fraction of sp³-hybridized carbons (Fsp3) is 0.250. The molecule has 0 radical (unpaired) electrons. The zero-order chi connectivity index (χ0) is 12.6. The highest BCUT2D eigenvalue weighted by atomic mass is 35.5. The van der Waals surface area contributed by atoms with Gasteiger partial charge in [-0.05, 0) is 19.1 Å². The molecule has 1 aliphatic heterocycles. The molecule has 1 aromatic carbocycles. The molecule has 1 heterocycles. The number of carbonyl (C=O) groups excluding carboxylic acids is 1. The predicted molar refractivity (Wildman–Crippen MR) is 72.1 cm³/mol. The van der Waals surface area contributed by atoms with E-state index < -0.39 is 0 Å². The maximum atomic E-state index is 11.8. The van der Waals surface area contributed by atoms with E-state index in [1.807, 2.05) is 6.92 Å². The normalized spacial score (nSPS) is 14.3. The lowest BCUT2D eigenvalue weighted by atomic mass is 10.1. The molecular weight excluding hydrogens is 259 g/mol. The van der Waals surface area contributed by atoms with Gasteiger partial charge in [-0.15, -0.1) is 0 Å². The van der Waals surface area contributed by atoms with Gasteiger partial charge in [0.05, 0.1) is 28.0 Å². The quantitative estimate of drug-likeness (QED) is 0.837. The van der Waals surface area contributed by atoms with Gasteiger partial charge in [-0.1, -0.05) is 35.4 Å². The number of halogens is 2. The van der Waals surface area contributed by atoms with Gasteiger partial charge in [0, 0.05) is 6.54 Å². The predicted octanol–water partition coefficient (Wildman–Crippen LogP) is 3.33. The Labute approximate surface area is 110 Å². The monoisotopic (exact) mass is 270 g/mol. The lowest BCUT2D eigenvalue weighted by Gasteiger charge is -2.30. The summed E-state index contributed by atoms with van der Waals surface area (Å²) in [5.41, 5.74) is 2.48. The number of fused-ring (bicyclic) bond motifs is 1. The molecule has 2 rings (SSSR count). The van der Waals surface area contributed by atoms with Crippen molar-refractivity contribution in [2.75, 3.05) is 23.3 Å². The molecule has 0 aliphatic carbocycles. The first-order valence-corrected chi connectivity index (χ1v) is 5.92. The van der Waals surface area contributed by atoms with Crippen molar-refractivity contribution in [2.24, 2.45) is 0 Å². The van der Waals surface area contributed by atoms with E-state index in [0.29, 0.717) is 16.6 Å². The van der Waals surface area contributed by atoms with Crippen molar-refractivity contribution in [2.45, 2.75) is 6.92 Å². The van der Waals surface area contributed by atoms with Gasteiger partial charge < -0.3 is 10.2 Å². The molecule has 0 atom stereocenters. The molecule has 90 valence electrons. The lowest BCUT2D eigenvalue weighted by Crippen LogP contribution is -2.40. The third kappa shape index (κ3) is 2.40. The Bertz CT molecular complexity index is 500. The van der Waals surface area contributed by atoms with Gasteiger partial charge >= 0.3 is 0 Å². The van der Waals surface area contributed by atoms with Crippen molar-refractivity contribution in [3.05, 3.63) is 34.3 Å². The summed E-state index contributed by atoms with van der Waals surface area (Å²) in [6, 6.07) is 3.43. The van der Waals surface area contributed by atoms with Crippen LogP contribution >= 0.6 is 23.2 Å². The van der Waals surface area contributed by atoms with E-state index in [0.717, 1.165) is 16.9 Å². The maximum Gasteiger partial charge on any atom is 0.246 e. The summed E-state index contributed by atoms with van der Waals surface area (Å²) in [4.78, 5) is 13.5. The molecule has 1 aliphatic rings. The van der Waals surface area contributed by atoms with Crippen LogP contribution in [-0.2, 0) is 4.79 Å². The molecule has 0 aromatic heterocycles. The fourth-order valence-electron chi connectivity index (χ4n) is 1.75. The molecule has 5 heteroatoms. The molecule has 0 unspecified atom stereocenters. The van der Waals surface area contributed by atoms with Gasteiger partial charge in [-0.25, -0.2) is 0 Å². The van der Waals surface area contributed by atoms with Gasteiger partial charge in [0.15, 0.2) is 0 Å². The second-order valence-corrected chi connectivity index (χ2v) is 4.89. The van der Waals surface area contributed by atoms with Crippen molar-refractivity contribution in [1.82, 2.24) is 0 Å². The average Bonchev–Trinajstić information content (AvgIpc) is 2.25. The highest BCUT2D eigenvalue weighted by Crippen LogP contribution is 2.37. The molecular formula is C12H12Cl2N2O. The Balaban J connectivity index is 2.47. The van der Waals surface area contributed by atoms with Gasteiger partial charge in [-0.2, -0.15) is 0 Å². The number of benzene rings is 1. The second kappa shape index (κ2) is 4.59. The van der Waals surface area contributed by atoms with E-state index >= 15 is 0 Å². The van der Waals surface area contributed by atoms with Crippen LogP contribution in [-0.4, -0.2) is 19.0 Å². The number of carbonyl (C=O) groups is 1. The minimum atomic E-state index is -0.00103. The molecule has 1 aromatic rings. The van der Waals surface area contributed by atoms with Crippen LogP contribution in [0.4, 0.5) is 11.4 Å². The summed E-state index contributed by atoms with van der Waals surface area (Å²) in [5, 5.41) is 3.93. The zero-order valence-electron chi connectivity index (χ0n) is 9.39. The third-order valence-electron chi connectivity index (χ3n) is 2.49. The van der Waals surface area contributed by atoms with Gasteiger partial charge in [-0.3, -0.25) is 4.79 Å². The second-order valence-electron chi connectivity index (χ2n) is 4.07. The first-order valence-electron chi connectivity index (χ1n) is 5.16. The Morgan fingerprint density at radius 1 is 1.47 bits per heavy atom. The van der Waals surface area contributed by atoms with Crippen molar-refractivity contribution in [3.63, 3.8) is 0 Å². The largest absolute Gasteiger partial charge is 0.374 e. The average molecular weight is 271 g/mol. The molecule has 0 bridgehead atoms. The van der Waals surface area contributed by atoms with Crippen molar-refractivity contribution >= 4 is 40.5 Å². The van der Waals surface area contributed by atoms with Crippen LogP contribution < -0.4 is 10.2 Å². The molecule has 0 fully saturated rings. The maximum absolute atomic E-state index is 11.8. The third-order valence-corrected chi connectivity index (χ3v) is 3.21. The highest BCUT2D eigenvalue weighted by Gasteiger charge is 2.24. The summed E-state index contributed by atoms with van der Waals surface area (Å²) in [6.07, 6.45) is 0. The van der Waals surface area contributed by atoms with Crippen molar-refractivity contribution < 1.29 is 4.79 Å². The minimum absolute atomic E-state index is 0.00103. The number of nitrogens with one attached hydrogen (secondary N) is 1. The van der Waals surface area contributed by atoms with E-state index in [9.17, 15) is 4.79 Å². The first kappa shape index (κ1) is 12.3. The topological polar surface area (TPSA) is 32.3 Å². The van der Waals surface area contributed by atoms with Crippen molar-refractivity contribution in [3.8, 4) is 0 Å². The molecule has 3 nitrogen and oxygen atoms in total. The number of hydrogen-bond acceptors (Lipinski definition) is 2.